The second-order valence-electron chi connectivity index (χ2n) is 1.59. The Bertz CT molecular complexity index is 157. The summed E-state index contributed by atoms with van der Waals surface area (Å²) < 4.78 is 0. The summed E-state index contributed by atoms with van der Waals surface area (Å²) in [5, 5.41) is 17.2. The molecular formula is C5H10N4O2. The van der Waals surface area contributed by atoms with E-state index in [2.05, 4.69) is 15.4 Å². The Morgan fingerprint density at radius 2 is 2.09 bits per heavy atom. The fraction of sp³-hybridized carbons (Fsp3) is 0.400. The first-order chi connectivity index (χ1) is 5.27. The minimum Gasteiger partial charge on any atom is -0.481 e. The lowest BCUT2D eigenvalue weighted by molar-refractivity contribution is -0.136. The van der Waals surface area contributed by atoms with Crippen molar-refractivity contribution >= 4 is 5.97 Å². The fourth-order valence-corrected chi connectivity index (χ4v) is 0.290. The number of aromatic amines is 1. The quantitative estimate of drug-likeness (QED) is 0.523. The van der Waals surface area contributed by atoms with E-state index >= 15 is 0 Å². The summed E-state index contributed by atoms with van der Waals surface area (Å²) in [6, 6.07) is 0. The molecule has 1 rings (SSSR count). The molecule has 1 heterocycles. The van der Waals surface area contributed by atoms with Crippen LogP contribution in [-0.2, 0) is 4.79 Å². The molecule has 0 aliphatic carbocycles. The van der Waals surface area contributed by atoms with Crippen LogP contribution in [0.5, 0.6) is 0 Å². The second kappa shape index (κ2) is 6.69. The molecule has 0 saturated heterocycles. The van der Waals surface area contributed by atoms with E-state index in [0.29, 0.717) is 0 Å². The van der Waals surface area contributed by atoms with E-state index in [0.717, 1.165) is 0 Å². The summed E-state index contributed by atoms with van der Waals surface area (Å²) >= 11 is 0. The predicted molar refractivity (Wildman–Crippen MR) is 37.7 cm³/mol. The highest BCUT2D eigenvalue weighted by atomic mass is 16.4. The molecule has 11 heavy (non-hydrogen) atoms. The van der Waals surface area contributed by atoms with Crippen molar-refractivity contribution in [3.8, 4) is 0 Å². The van der Waals surface area contributed by atoms with Crippen LogP contribution >= 0.6 is 0 Å². The molecule has 4 N–H and O–H groups in total. The Kier molecular flexibility index (Phi) is 5.82. The summed E-state index contributed by atoms with van der Waals surface area (Å²) in [7, 11) is 0. The molecule has 0 radical (unpaired) electrons. The molecule has 0 bridgehead atoms. The van der Waals surface area contributed by atoms with Gasteiger partial charge >= 0.3 is 5.97 Å². The number of nitrogens with two attached hydrogens (primary N) is 1. The van der Waals surface area contributed by atoms with Crippen LogP contribution in [0.25, 0.3) is 0 Å². The number of rotatable bonds is 2. The maximum Gasteiger partial charge on any atom is 0.304 e. The van der Waals surface area contributed by atoms with Crippen LogP contribution in [0.2, 0.25) is 0 Å². The lowest BCUT2D eigenvalue weighted by Gasteiger charge is -1.80. The van der Waals surface area contributed by atoms with Gasteiger partial charge < -0.3 is 10.8 Å². The van der Waals surface area contributed by atoms with E-state index in [9.17, 15) is 4.79 Å². The highest BCUT2D eigenvalue weighted by Gasteiger charge is 1.87. The Balaban J connectivity index is 0.000000183. The van der Waals surface area contributed by atoms with Crippen molar-refractivity contribution in [3.63, 3.8) is 0 Å². The lowest BCUT2D eigenvalue weighted by atomic mass is 10.5. The minimum absolute atomic E-state index is 0.0694. The third kappa shape index (κ3) is 8.57. The zero-order chi connectivity index (χ0) is 8.53. The largest absolute Gasteiger partial charge is 0.481 e. The molecule has 0 aliphatic rings. The molecule has 0 amide bonds. The third-order valence-electron chi connectivity index (χ3n) is 0.689. The van der Waals surface area contributed by atoms with Crippen molar-refractivity contribution < 1.29 is 9.90 Å². The van der Waals surface area contributed by atoms with Crippen LogP contribution in [0.4, 0.5) is 0 Å². The maximum atomic E-state index is 9.52. The number of hydrogen-bond donors (Lipinski definition) is 3. The van der Waals surface area contributed by atoms with Crippen molar-refractivity contribution in [1.82, 2.24) is 15.4 Å². The molecule has 0 atom stereocenters. The minimum atomic E-state index is -0.836. The molecule has 0 aliphatic heterocycles. The van der Waals surface area contributed by atoms with E-state index in [4.69, 9.17) is 10.8 Å². The molecule has 0 unspecified atom stereocenters. The zero-order valence-electron chi connectivity index (χ0n) is 5.90. The highest BCUT2D eigenvalue weighted by molar-refractivity contribution is 5.66. The summed E-state index contributed by atoms with van der Waals surface area (Å²) in [5.74, 6) is -0.836. The monoisotopic (exact) mass is 158 g/mol. The number of nitrogens with one attached hydrogen (secondary N) is 1. The first-order valence-corrected chi connectivity index (χ1v) is 2.99. The summed E-state index contributed by atoms with van der Waals surface area (Å²) in [5.41, 5.74) is 4.85. The Labute approximate surface area is 63.4 Å². The van der Waals surface area contributed by atoms with Crippen LogP contribution in [0.15, 0.2) is 12.4 Å². The zero-order valence-corrected chi connectivity index (χ0v) is 5.90. The standard InChI is InChI=1S/C3H7NO2.C2H3N3/c4-2-1-3(5)6;1-2-4-5-3-1/h1-2,4H2,(H,5,6);1-2H,(H,3,4,5). The molecule has 1 aromatic rings. The van der Waals surface area contributed by atoms with Gasteiger partial charge in [0.05, 0.1) is 18.8 Å². The van der Waals surface area contributed by atoms with Gasteiger partial charge in [0.25, 0.3) is 0 Å². The molecule has 62 valence electrons. The second-order valence-corrected chi connectivity index (χ2v) is 1.59. The lowest BCUT2D eigenvalue weighted by Crippen LogP contribution is -2.05. The number of aliphatic carboxylic acids is 1. The molecule has 0 spiro atoms. The number of H-pyrrole nitrogens is 1. The Hall–Kier alpha value is -1.43. The number of aromatic nitrogens is 3. The number of hydrogen-bond acceptors (Lipinski definition) is 4. The van der Waals surface area contributed by atoms with Crippen LogP contribution in [0, 0.1) is 0 Å². The van der Waals surface area contributed by atoms with Crippen LogP contribution in [0.3, 0.4) is 0 Å². The maximum absolute atomic E-state index is 9.52. The van der Waals surface area contributed by atoms with E-state index in [-0.39, 0.29) is 13.0 Å². The molecule has 1 aromatic heterocycles. The summed E-state index contributed by atoms with van der Waals surface area (Å²) in [6.45, 7) is 0.231. The SMILES string of the molecule is NCCC(=O)O.c1cn[nH]n1. The number of carbonyl (C=O) groups is 1. The van der Waals surface area contributed by atoms with Gasteiger partial charge in [0, 0.05) is 6.54 Å². The van der Waals surface area contributed by atoms with Gasteiger partial charge in [-0.25, -0.2) is 0 Å². The molecule has 6 nitrogen and oxygen atoms in total. The smallest absolute Gasteiger partial charge is 0.304 e. The Morgan fingerprint density at radius 1 is 1.55 bits per heavy atom. The van der Waals surface area contributed by atoms with Crippen LogP contribution < -0.4 is 5.73 Å². The van der Waals surface area contributed by atoms with E-state index in [1.165, 1.54) is 0 Å². The van der Waals surface area contributed by atoms with Crippen molar-refractivity contribution in [2.24, 2.45) is 5.73 Å². The van der Waals surface area contributed by atoms with E-state index in [1.807, 2.05) is 0 Å². The van der Waals surface area contributed by atoms with Crippen LogP contribution in [-0.4, -0.2) is 33.0 Å². The fourth-order valence-electron chi connectivity index (χ4n) is 0.290. The van der Waals surface area contributed by atoms with Gasteiger partial charge in [0.2, 0.25) is 0 Å². The van der Waals surface area contributed by atoms with Crippen LogP contribution in [0.1, 0.15) is 6.42 Å². The average molecular weight is 158 g/mol. The molecule has 0 fully saturated rings. The summed E-state index contributed by atoms with van der Waals surface area (Å²) in [6.07, 6.45) is 3.24. The highest BCUT2D eigenvalue weighted by Crippen LogP contribution is 1.67. The van der Waals surface area contributed by atoms with Gasteiger partial charge in [-0.15, -0.1) is 0 Å². The first-order valence-electron chi connectivity index (χ1n) is 2.99. The third-order valence-corrected chi connectivity index (χ3v) is 0.689. The number of carboxylic acid groups (broad SMARTS) is 1. The van der Waals surface area contributed by atoms with E-state index < -0.39 is 5.97 Å². The topological polar surface area (TPSA) is 105 Å². The molecule has 6 heteroatoms. The number of nitrogens with zero attached hydrogens (tertiary/aromatic N) is 2. The van der Waals surface area contributed by atoms with E-state index in [1.54, 1.807) is 12.4 Å². The summed E-state index contributed by atoms with van der Waals surface area (Å²) in [4.78, 5) is 9.52. The van der Waals surface area contributed by atoms with Gasteiger partial charge in [-0.05, 0) is 0 Å². The molecule has 0 saturated carbocycles. The van der Waals surface area contributed by atoms with Crippen molar-refractivity contribution in [1.29, 1.82) is 0 Å². The van der Waals surface area contributed by atoms with Crippen molar-refractivity contribution in [2.75, 3.05) is 6.54 Å². The normalized spacial score (nSPS) is 8.09. The molecular weight excluding hydrogens is 148 g/mol. The van der Waals surface area contributed by atoms with Gasteiger partial charge in [-0.2, -0.15) is 15.4 Å². The number of carboxylic acids is 1. The van der Waals surface area contributed by atoms with Gasteiger partial charge in [0.1, 0.15) is 0 Å². The van der Waals surface area contributed by atoms with Crippen molar-refractivity contribution in [3.05, 3.63) is 12.4 Å². The van der Waals surface area contributed by atoms with Gasteiger partial charge in [0.15, 0.2) is 0 Å². The first kappa shape index (κ1) is 9.57. The van der Waals surface area contributed by atoms with Gasteiger partial charge in [-0.3, -0.25) is 4.79 Å². The molecule has 0 aromatic carbocycles. The van der Waals surface area contributed by atoms with Crippen molar-refractivity contribution in [2.45, 2.75) is 6.42 Å². The average Bonchev–Trinajstić information content (AvgIpc) is 2.41. The Morgan fingerprint density at radius 3 is 2.18 bits per heavy atom. The van der Waals surface area contributed by atoms with Gasteiger partial charge in [-0.1, -0.05) is 0 Å². The predicted octanol–water partition coefficient (Wildman–Crippen LogP) is -0.776.